The summed E-state index contributed by atoms with van der Waals surface area (Å²) in [6.45, 7) is 1.87. The zero-order valence-corrected chi connectivity index (χ0v) is 13.2. The molecule has 1 N–H and O–H groups in total. The molecule has 0 spiro atoms. The first-order valence-corrected chi connectivity index (χ1v) is 7.10. The van der Waals surface area contributed by atoms with Crippen molar-refractivity contribution in [3.8, 4) is 0 Å². The van der Waals surface area contributed by atoms with E-state index in [0.29, 0.717) is 10.2 Å². The minimum absolute atomic E-state index is 0.00174. The molecule has 5 heteroatoms. The molecule has 0 fully saturated rings. The van der Waals surface area contributed by atoms with E-state index < -0.39 is 11.7 Å². The summed E-state index contributed by atoms with van der Waals surface area (Å²) >= 11 is 6.57. The van der Waals surface area contributed by atoms with Crippen LogP contribution in [0.1, 0.15) is 15.9 Å². The topological polar surface area (TPSA) is 29.1 Å². The molecular weight excluding hydrogens is 377 g/mol. The summed E-state index contributed by atoms with van der Waals surface area (Å²) in [7, 11) is 0. The van der Waals surface area contributed by atoms with Crippen molar-refractivity contribution in [2.45, 2.75) is 6.92 Å². The van der Waals surface area contributed by atoms with Crippen molar-refractivity contribution in [3.63, 3.8) is 0 Å². The smallest absolute Gasteiger partial charge is 0.259 e. The Morgan fingerprint density at radius 2 is 1.74 bits per heavy atom. The Balaban J connectivity index is 2.34. The highest BCUT2D eigenvalue weighted by Gasteiger charge is 2.16. The van der Waals surface area contributed by atoms with Crippen molar-refractivity contribution in [2.75, 3.05) is 5.32 Å². The molecular formula is C14H10Br2FNO. The molecule has 2 aromatic carbocycles. The maximum atomic E-state index is 13.7. The van der Waals surface area contributed by atoms with Gasteiger partial charge >= 0.3 is 0 Å². The van der Waals surface area contributed by atoms with E-state index in [1.54, 1.807) is 18.2 Å². The Bertz CT molecular complexity index is 623. The van der Waals surface area contributed by atoms with Crippen molar-refractivity contribution in [3.05, 3.63) is 62.3 Å². The molecule has 98 valence electrons. The van der Waals surface area contributed by atoms with Gasteiger partial charge in [0.25, 0.3) is 5.91 Å². The average molecular weight is 387 g/mol. The van der Waals surface area contributed by atoms with E-state index in [0.717, 1.165) is 10.0 Å². The highest BCUT2D eigenvalue weighted by Crippen LogP contribution is 2.26. The predicted octanol–water partition coefficient (Wildman–Crippen LogP) is 4.91. The van der Waals surface area contributed by atoms with Gasteiger partial charge in [-0.15, -0.1) is 0 Å². The molecule has 19 heavy (non-hydrogen) atoms. The lowest BCUT2D eigenvalue weighted by molar-refractivity contribution is 0.102. The number of hydrogen-bond acceptors (Lipinski definition) is 1. The third-order valence-corrected chi connectivity index (χ3v) is 4.23. The Hall–Kier alpha value is -1.20. The number of carbonyl (C=O) groups is 1. The van der Waals surface area contributed by atoms with Crippen LogP contribution in [0.15, 0.2) is 45.3 Å². The van der Waals surface area contributed by atoms with Gasteiger partial charge in [0, 0.05) is 14.6 Å². The van der Waals surface area contributed by atoms with Gasteiger partial charge in [0.1, 0.15) is 5.82 Å². The minimum Gasteiger partial charge on any atom is -0.322 e. The Labute approximate surface area is 127 Å². The van der Waals surface area contributed by atoms with E-state index in [2.05, 4.69) is 37.2 Å². The van der Waals surface area contributed by atoms with E-state index in [9.17, 15) is 9.18 Å². The Morgan fingerprint density at radius 1 is 1.11 bits per heavy atom. The van der Waals surface area contributed by atoms with Crippen molar-refractivity contribution < 1.29 is 9.18 Å². The first-order valence-electron chi connectivity index (χ1n) is 5.51. The minimum atomic E-state index is -0.556. The number of anilines is 1. The molecule has 0 radical (unpaired) electrons. The summed E-state index contributed by atoms with van der Waals surface area (Å²) < 4.78 is 15.0. The second kappa shape index (κ2) is 5.84. The molecule has 0 aliphatic rings. The van der Waals surface area contributed by atoms with Gasteiger partial charge in [-0.25, -0.2) is 4.39 Å². The number of halogens is 3. The molecule has 0 atom stereocenters. The van der Waals surface area contributed by atoms with Gasteiger partial charge in [-0.3, -0.25) is 4.79 Å². The molecule has 0 aliphatic carbocycles. The molecule has 0 bridgehead atoms. The highest BCUT2D eigenvalue weighted by molar-refractivity contribution is 9.10. The maximum absolute atomic E-state index is 13.7. The van der Waals surface area contributed by atoms with Crippen LogP contribution in [0.3, 0.4) is 0 Å². The number of benzene rings is 2. The lowest BCUT2D eigenvalue weighted by Gasteiger charge is -2.11. The molecule has 0 unspecified atom stereocenters. The molecule has 2 nitrogen and oxygen atoms in total. The van der Waals surface area contributed by atoms with Gasteiger partial charge in [0.2, 0.25) is 0 Å². The van der Waals surface area contributed by atoms with Crippen molar-refractivity contribution in [1.82, 2.24) is 0 Å². The second-order valence-corrected chi connectivity index (χ2v) is 5.67. The van der Waals surface area contributed by atoms with Crippen LogP contribution in [0.4, 0.5) is 10.1 Å². The van der Waals surface area contributed by atoms with Crippen molar-refractivity contribution in [2.24, 2.45) is 0 Å². The van der Waals surface area contributed by atoms with Gasteiger partial charge in [-0.05, 0) is 52.7 Å². The average Bonchev–Trinajstić information content (AvgIpc) is 2.35. The molecule has 2 aromatic rings. The molecule has 0 saturated carbocycles. The first kappa shape index (κ1) is 14.2. The van der Waals surface area contributed by atoms with Gasteiger partial charge in [-0.2, -0.15) is 0 Å². The molecule has 0 aliphatic heterocycles. The van der Waals surface area contributed by atoms with Gasteiger partial charge in [0.15, 0.2) is 0 Å². The summed E-state index contributed by atoms with van der Waals surface area (Å²) in [5.74, 6) is -1.04. The fourth-order valence-corrected chi connectivity index (χ4v) is 2.53. The number of hydrogen-bond donors (Lipinski definition) is 1. The van der Waals surface area contributed by atoms with Gasteiger partial charge < -0.3 is 5.32 Å². The largest absolute Gasteiger partial charge is 0.322 e. The number of carbonyl (C=O) groups excluding carboxylic acids is 1. The molecule has 2 rings (SSSR count). The lowest BCUT2D eigenvalue weighted by atomic mass is 10.1. The van der Waals surface area contributed by atoms with Crippen LogP contribution in [0.2, 0.25) is 0 Å². The zero-order chi connectivity index (χ0) is 14.0. The van der Waals surface area contributed by atoms with E-state index >= 15 is 0 Å². The highest BCUT2D eigenvalue weighted by atomic mass is 79.9. The molecule has 1 amide bonds. The van der Waals surface area contributed by atoms with Crippen molar-refractivity contribution >= 4 is 43.5 Å². The van der Waals surface area contributed by atoms with Crippen LogP contribution in [-0.4, -0.2) is 5.91 Å². The van der Waals surface area contributed by atoms with Gasteiger partial charge in [0.05, 0.1) is 5.56 Å². The monoisotopic (exact) mass is 385 g/mol. The normalized spacial score (nSPS) is 10.3. The number of amides is 1. The van der Waals surface area contributed by atoms with Crippen LogP contribution < -0.4 is 5.32 Å². The maximum Gasteiger partial charge on any atom is 0.259 e. The fraction of sp³-hybridized carbons (Fsp3) is 0.0714. The quantitative estimate of drug-likeness (QED) is 0.780. The van der Waals surface area contributed by atoms with Crippen LogP contribution in [0, 0.1) is 12.7 Å². The molecule has 0 heterocycles. The van der Waals surface area contributed by atoms with E-state index in [4.69, 9.17) is 0 Å². The zero-order valence-electron chi connectivity index (χ0n) is 10.0. The first-order chi connectivity index (χ1) is 9.00. The molecule has 0 saturated heterocycles. The van der Waals surface area contributed by atoms with E-state index in [1.165, 1.54) is 6.07 Å². The van der Waals surface area contributed by atoms with E-state index in [1.807, 2.05) is 19.1 Å². The number of nitrogens with one attached hydrogen (secondary N) is 1. The molecule has 0 aromatic heterocycles. The van der Waals surface area contributed by atoms with E-state index in [-0.39, 0.29) is 5.56 Å². The summed E-state index contributed by atoms with van der Waals surface area (Å²) in [6.07, 6.45) is 0. The fourth-order valence-electron chi connectivity index (χ4n) is 1.64. The Kier molecular flexibility index (Phi) is 4.37. The van der Waals surface area contributed by atoms with Gasteiger partial charge in [-0.1, -0.05) is 28.1 Å². The SMILES string of the molecule is Cc1c(Br)cccc1NC(=O)c1c(F)cccc1Br. The Morgan fingerprint density at radius 3 is 2.42 bits per heavy atom. The second-order valence-electron chi connectivity index (χ2n) is 3.96. The van der Waals surface area contributed by atoms with Crippen LogP contribution in [0.25, 0.3) is 0 Å². The van der Waals surface area contributed by atoms with Crippen LogP contribution >= 0.6 is 31.9 Å². The van der Waals surface area contributed by atoms with Crippen LogP contribution in [-0.2, 0) is 0 Å². The third-order valence-electron chi connectivity index (χ3n) is 2.71. The lowest BCUT2D eigenvalue weighted by Crippen LogP contribution is -2.15. The predicted molar refractivity (Wildman–Crippen MR) is 80.9 cm³/mol. The number of rotatable bonds is 2. The van der Waals surface area contributed by atoms with Crippen molar-refractivity contribution in [1.29, 1.82) is 0 Å². The standard InChI is InChI=1S/C14H10Br2FNO/c1-8-9(15)4-3-7-12(8)18-14(19)13-10(16)5-2-6-11(13)17/h2-7H,1H3,(H,18,19). The summed E-state index contributed by atoms with van der Waals surface area (Å²) in [5, 5.41) is 2.71. The summed E-state index contributed by atoms with van der Waals surface area (Å²) in [4.78, 5) is 12.1. The summed E-state index contributed by atoms with van der Waals surface area (Å²) in [6, 6.07) is 9.89. The third kappa shape index (κ3) is 3.04. The summed E-state index contributed by atoms with van der Waals surface area (Å²) in [5.41, 5.74) is 1.54. The van der Waals surface area contributed by atoms with Crippen LogP contribution in [0.5, 0.6) is 0 Å².